The van der Waals surface area contributed by atoms with Crippen molar-refractivity contribution in [1.29, 1.82) is 0 Å². The number of rotatable bonds is 24. The number of aliphatic carboxylic acids is 1. The average Bonchev–Trinajstić information content (AvgIpc) is 0.831. The maximum atomic E-state index is 13.5. The van der Waals surface area contributed by atoms with Gasteiger partial charge in [-0.15, -0.1) is 0 Å². The van der Waals surface area contributed by atoms with Gasteiger partial charge in [0.2, 0.25) is 19.4 Å². The fraction of sp³-hybridized carbons (Fsp3) is 0.563. The number of alkyl halides is 6. The Morgan fingerprint density at radius 3 is 1.30 bits per heavy atom. The van der Waals surface area contributed by atoms with Crippen LogP contribution in [0.1, 0.15) is 177 Å². The van der Waals surface area contributed by atoms with Crippen LogP contribution in [0.3, 0.4) is 0 Å². The lowest BCUT2D eigenvalue weighted by atomic mass is 9.79. The van der Waals surface area contributed by atoms with Gasteiger partial charge in [-0.1, -0.05) is 146 Å². The molecule has 0 saturated carbocycles. The average molecular weight is 1510 g/mol. The van der Waals surface area contributed by atoms with Crippen LogP contribution in [0.15, 0.2) is 73.1 Å². The first kappa shape index (κ1) is 86.2. The predicted octanol–water partition coefficient (Wildman–Crippen LogP) is 11.8. The van der Waals surface area contributed by atoms with Crippen LogP contribution in [0, 0.1) is 34.5 Å². The van der Waals surface area contributed by atoms with Crippen LogP contribution >= 0.6 is 69.6 Å². The number of hydrogen-bond donors (Lipinski definition) is 7. The molecule has 23 nitrogen and oxygen atoms in total. The van der Waals surface area contributed by atoms with E-state index in [4.69, 9.17) is 88.9 Å². The van der Waals surface area contributed by atoms with E-state index in [1.54, 1.807) is 93.8 Å². The number of aliphatic hydroxyl groups is 2. The number of allylic oxidation sites excluding steroid dienone is 1. The third-order valence-electron chi connectivity index (χ3n) is 16.2. The van der Waals surface area contributed by atoms with Gasteiger partial charge in [0.15, 0.2) is 0 Å². The van der Waals surface area contributed by atoms with Crippen LogP contribution in [-0.4, -0.2) is 152 Å². The van der Waals surface area contributed by atoms with Crippen LogP contribution in [0.2, 0.25) is 0 Å². The van der Waals surface area contributed by atoms with Crippen LogP contribution in [0.4, 0.5) is 0 Å². The molecule has 8 atom stereocenters. The molecular weight excluding hydrogens is 1420 g/mol. The second-order valence-electron chi connectivity index (χ2n) is 27.9. The molecule has 2 fully saturated rings. The zero-order chi connectivity index (χ0) is 75.6. The van der Waals surface area contributed by atoms with E-state index in [0.717, 1.165) is 32.7 Å². The van der Waals surface area contributed by atoms with E-state index in [-0.39, 0.29) is 30.5 Å². The fourth-order valence-electron chi connectivity index (χ4n) is 10.0. The zero-order valence-corrected chi connectivity index (χ0v) is 63.8. The highest BCUT2D eigenvalue weighted by molar-refractivity contribution is 6.68. The van der Waals surface area contributed by atoms with Crippen molar-refractivity contribution < 1.29 is 72.7 Å². The largest absolute Gasteiger partial charge is 0.481 e. The Balaban J connectivity index is 0.000000342. The van der Waals surface area contributed by atoms with Crippen molar-refractivity contribution in [3.63, 3.8) is 0 Å². The number of carboxylic acids is 1. The maximum Gasteiger partial charge on any atom is 0.325 e. The lowest BCUT2D eigenvalue weighted by Gasteiger charge is -2.34. The van der Waals surface area contributed by atoms with Crippen molar-refractivity contribution in [1.82, 2.24) is 41.5 Å². The summed E-state index contributed by atoms with van der Waals surface area (Å²) in [5, 5.41) is 40.4. The highest BCUT2D eigenvalue weighted by Crippen LogP contribution is 2.31. The summed E-state index contributed by atoms with van der Waals surface area (Å²) in [7, 11) is 0. The smallest absolute Gasteiger partial charge is 0.325 e. The third kappa shape index (κ3) is 28.5. The van der Waals surface area contributed by atoms with Gasteiger partial charge in [-0.25, -0.2) is 10.9 Å². The Morgan fingerprint density at radius 1 is 0.570 bits per heavy atom. The first-order chi connectivity index (χ1) is 46.2. The van der Waals surface area contributed by atoms with Crippen molar-refractivity contribution in [3.8, 4) is 0 Å². The Hall–Kier alpha value is -6.25. The van der Waals surface area contributed by atoms with E-state index in [9.17, 15) is 53.4 Å². The van der Waals surface area contributed by atoms with Crippen LogP contribution in [-0.2, 0) is 57.4 Å². The third-order valence-corrected chi connectivity index (χ3v) is 16.9. The predicted molar refractivity (Wildman–Crippen MR) is 388 cm³/mol. The van der Waals surface area contributed by atoms with Gasteiger partial charge in [0.05, 0.1) is 41.3 Å². The molecule has 7 N–H and O–H groups in total. The molecule has 2 aromatic heterocycles. The number of ether oxygens (including phenoxy) is 3. The number of aliphatic hydroxyl groups excluding tert-OH is 2. The van der Waals surface area contributed by atoms with E-state index in [1.807, 2.05) is 88.4 Å². The molecule has 0 aliphatic carbocycles. The molecule has 4 heterocycles. The Labute approximate surface area is 615 Å². The van der Waals surface area contributed by atoms with Gasteiger partial charge in [0.25, 0.3) is 11.8 Å². The molecule has 4 aromatic rings. The number of hydrazine groups is 2. The second kappa shape index (κ2) is 37.8. The van der Waals surface area contributed by atoms with Gasteiger partial charge in [-0.2, -0.15) is 0 Å². The van der Waals surface area contributed by atoms with E-state index in [0.29, 0.717) is 50.2 Å². The van der Waals surface area contributed by atoms with Gasteiger partial charge in [-0.3, -0.25) is 63.1 Å². The van der Waals surface area contributed by atoms with Gasteiger partial charge >= 0.3 is 23.9 Å². The van der Waals surface area contributed by atoms with Crippen molar-refractivity contribution in [3.05, 3.63) is 95.6 Å². The number of esters is 3. The number of fused-ring (bicyclic) bond motifs is 2. The summed E-state index contributed by atoms with van der Waals surface area (Å²) in [5.41, 5.74) is 6.22. The number of carboxylic acid groups (broad SMARTS) is 1. The van der Waals surface area contributed by atoms with Gasteiger partial charge in [-0.05, 0) is 160 Å². The number of carbonyl (C=O) groups is 9. The SMILES string of the molecule is CC(C)[C@H](CC(=O)C(C)(C)/C=C/c1ccc2cnc([C@@H](C)O)cc2c1)C(=O)N[C@@H](C)C(=O)N1CCC[C@@H](C(=O)OCC(Cl)(Cl)Cl)N1.CC(C)[C@H](CC(=O)OC(C)(C)C)C(=O)N[C@@H](C)C(=O)N1CCC[C@@H](C(=O)OCC(Cl)(Cl)Cl)N1.C[C@@H](O)c1cc2cc(/C=C/C(C)(C)C(=O)O)ccc2cn1. The molecule has 552 valence electrons. The van der Waals surface area contributed by atoms with E-state index < -0.39 is 133 Å². The number of carbonyl (C=O) groups excluding carboxylic acids is 8. The van der Waals surface area contributed by atoms with Gasteiger partial charge in [0.1, 0.15) is 48.8 Å². The minimum atomic E-state index is -1.75. The molecule has 0 radical (unpaired) electrons. The van der Waals surface area contributed by atoms with Gasteiger partial charge < -0.3 is 40.2 Å². The van der Waals surface area contributed by atoms with Crippen LogP contribution in [0.25, 0.3) is 33.7 Å². The maximum absolute atomic E-state index is 13.5. The summed E-state index contributed by atoms with van der Waals surface area (Å²) in [6.07, 6.45) is 11.1. The summed E-state index contributed by atoms with van der Waals surface area (Å²) in [5.74, 6) is -6.10. The summed E-state index contributed by atoms with van der Waals surface area (Å²) < 4.78 is 11.9. The van der Waals surface area contributed by atoms with Crippen LogP contribution in [0.5, 0.6) is 0 Å². The molecule has 2 aliphatic rings. The number of benzene rings is 2. The number of nitrogens with one attached hydrogen (secondary N) is 4. The molecule has 100 heavy (non-hydrogen) atoms. The number of hydrogen-bond acceptors (Lipinski definition) is 18. The molecule has 0 bridgehead atoms. The number of aromatic nitrogens is 2. The molecule has 4 amide bonds. The molecule has 29 heteroatoms. The lowest BCUT2D eigenvalue weighted by molar-refractivity contribution is -0.158. The minimum absolute atomic E-state index is 0.0119. The summed E-state index contributed by atoms with van der Waals surface area (Å²) in [6, 6.07) is 11.9. The highest BCUT2D eigenvalue weighted by Gasteiger charge is 2.38. The van der Waals surface area contributed by atoms with E-state index >= 15 is 0 Å². The van der Waals surface area contributed by atoms with Crippen LogP contribution < -0.4 is 21.5 Å². The number of amides is 4. The number of ketones is 1. The van der Waals surface area contributed by atoms with Crippen molar-refractivity contribution >= 4 is 157 Å². The molecule has 2 aliphatic heterocycles. The molecule has 2 saturated heterocycles. The zero-order valence-electron chi connectivity index (χ0n) is 59.2. The molecule has 0 unspecified atom stereocenters. The fourth-order valence-corrected chi connectivity index (χ4v) is 10.4. The summed E-state index contributed by atoms with van der Waals surface area (Å²) in [6.45, 7) is 25.8. The lowest BCUT2D eigenvalue weighted by Crippen LogP contribution is -2.60. The quantitative estimate of drug-likeness (QED) is 0.0195. The first-order valence-corrected chi connectivity index (χ1v) is 35.2. The summed E-state index contributed by atoms with van der Waals surface area (Å²) in [4.78, 5) is 122. The second-order valence-corrected chi connectivity index (χ2v) is 32.9. The number of nitrogens with zero attached hydrogens (tertiary/aromatic N) is 4. The topological polar surface area (TPSA) is 322 Å². The molecule has 0 spiro atoms. The van der Waals surface area contributed by atoms with Crippen molar-refractivity contribution in [2.24, 2.45) is 34.5 Å². The Kier molecular flexibility index (Phi) is 32.6. The van der Waals surface area contributed by atoms with Crippen molar-refractivity contribution in [2.45, 2.75) is 192 Å². The number of pyridine rings is 2. The van der Waals surface area contributed by atoms with Gasteiger partial charge in [0, 0.05) is 54.0 Å². The normalized spacial score (nSPS) is 17.4. The Morgan fingerprint density at radius 2 is 0.950 bits per heavy atom. The summed E-state index contributed by atoms with van der Waals surface area (Å²) >= 11 is 33.8. The molecule has 6 rings (SSSR count). The molecular formula is C71H96Cl6N8O15. The van der Waals surface area contributed by atoms with E-state index in [2.05, 4.69) is 31.5 Å². The highest BCUT2D eigenvalue weighted by atomic mass is 35.6. The molecule has 2 aromatic carbocycles. The van der Waals surface area contributed by atoms with Crippen molar-refractivity contribution in [2.75, 3.05) is 26.3 Å². The standard InChI is InChI=1S/C33H43Cl3N4O6.C21H34Cl3N3O6.C17H19NO3/c1-19(2)25(29(43)38-20(3)30(44)40-13-7-8-26(39-40)31(45)46-18-33(34,35)36)16-28(42)32(5,6)12-11-22-9-10-23-17-37-27(21(4)41)15-24(23)14-22;1-12(2)14(10-16(28)33-20(4,5)6)17(29)25-13(3)18(30)27-9-7-8-15(26-27)19(31)32-11-21(22,23)24;1-11(19)15-9-14-8-12(4-5-13(14)10-18-15)6-7-17(2,3)16(20)21/h9-12,14-15,17,19-21,25-26,39,41H,7-8,13,16,18H2,1-6H3,(H,38,43);12-15,26H,7-11H2,1-6H3,(H,25,29);4-11,19H,1-3H3,(H,20,21)/b12-11+;;7-6+/t20-,21+,25-,26-;13-,14-,15-;11-/m001/s1. The number of Topliss-reactive ketones (excluding diaryl/α,β-unsaturated/α-hetero) is 1. The van der Waals surface area contributed by atoms with E-state index in [1.165, 1.54) is 16.9 Å². The first-order valence-electron chi connectivity index (χ1n) is 32.9. The monoisotopic (exact) mass is 1510 g/mol. The number of halogens is 6. The Bertz CT molecular complexity index is 3590. The minimum Gasteiger partial charge on any atom is -0.481 e.